The first kappa shape index (κ1) is 32.3. The van der Waals surface area contributed by atoms with Crippen molar-refractivity contribution in [2.75, 3.05) is 25.6 Å². The minimum atomic E-state index is -0.359. The van der Waals surface area contributed by atoms with Crippen molar-refractivity contribution in [3.8, 4) is 16.9 Å². The van der Waals surface area contributed by atoms with Gasteiger partial charge in [0.25, 0.3) is 0 Å². The summed E-state index contributed by atoms with van der Waals surface area (Å²) in [5.41, 5.74) is 11.1. The number of rotatable bonds is 1. The number of hydrogen-bond acceptors (Lipinski definition) is 8. The lowest BCUT2D eigenvalue weighted by Crippen LogP contribution is -2.15. The van der Waals surface area contributed by atoms with Crippen LogP contribution < -0.4 is 15.4 Å². The van der Waals surface area contributed by atoms with Crippen molar-refractivity contribution in [3.63, 3.8) is 0 Å². The molecule has 2 aromatic carbocycles. The average molecular weight is 700 g/mol. The summed E-state index contributed by atoms with van der Waals surface area (Å²) in [5, 5.41) is 18.9. The number of nitrogens with one attached hydrogen (secondary N) is 2. The quantitative estimate of drug-likeness (QED) is 0.184. The SMILES string of the molecule is COC(=O)c1c2c3ccc(Cl)c(c3n1C)-c1c(nn3c1CCCC3)CNCc1cc(n(C)n1)CSc1cc3c(c(c1)OCCC2)NCCC3. The number of carbonyl (C=O) groups excluding carboxylic acids is 1. The number of esters is 1. The Morgan fingerprint density at radius 1 is 1.02 bits per heavy atom. The van der Waals surface area contributed by atoms with Gasteiger partial charge in [0.15, 0.2) is 0 Å². The molecule has 3 aromatic heterocycles. The maximum atomic E-state index is 13.4. The van der Waals surface area contributed by atoms with E-state index < -0.39 is 0 Å². The number of methoxy groups -OCH3 is 1. The van der Waals surface area contributed by atoms with Gasteiger partial charge in [-0.1, -0.05) is 17.7 Å². The Morgan fingerprint density at radius 3 is 2.80 bits per heavy atom. The zero-order chi connectivity index (χ0) is 33.6. The van der Waals surface area contributed by atoms with Crippen LogP contribution in [-0.2, 0) is 63.5 Å². The van der Waals surface area contributed by atoms with Gasteiger partial charge in [0.2, 0.25) is 0 Å². The van der Waals surface area contributed by atoms with Gasteiger partial charge in [-0.3, -0.25) is 9.36 Å². The van der Waals surface area contributed by atoms with Crippen LogP contribution in [0.3, 0.4) is 0 Å². The van der Waals surface area contributed by atoms with Gasteiger partial charge in [-0.25, -0.2) is 4.79 Å². The fraction of sp³-hybridized carbons (Fsp3) is 0.432. The summed E-state index contributed by atoms with van der Waals surface area (Å²) in [6, 6.07) is 10.7. The number of anilines is 1. The molecular formula is C37H42ClN7O3S. The van der Waals surface area contributed by atoms with Crippen molar-refractivity contribution in [2.45, 2.75) is 75.2 Å². The van der Waals surface area contributed by atoms with Gasteiger partial charge >= 0.3 is 5.97 Å². The topological polar surface area (TPSA) is 100 Å². The van der Waals surface area contributed by atoms with Gasteiger partial charge in [0.1, 0.15) is 11.4 Å². The molecule has 0 aliphatic carbocycles. The van der Waals surface area contributed by atoms with Crippen molar-refractivity contribution in [1.82, 2.24) is 29.4 Å². The summed E-state index contributed by atoms with van der Waals surface area (Å²) in [6.07, 6.45) is 6.62. The Kier molecular flexibility index (Phi) is 8.84. The van der Waals surface area contributed by atoms with Crippen molar-refractivity contribution in [2.24, 2.45) is 14.1 Å². The molecule has 256 valence electrons. The smallest absolute Gasteiger partial charge is 0.354 e. The maximum Gasteiger partial charge on any atom is 0.354 e. The summed E-state index contributed by atoms with van der Waals surface area (Å²) in [4.78, 5) is 14.6. The molecule has 0 saturated heterocycles. The van der Waals surface area contributed by atoms with Crippen LogP contribution in [0.2, 0.25) is 5.02 Å². The molecule has 0 radical (unpaired) electrons. The normalized spacial score (nSPS) is 16.6. The summed E-state index contributed by atoms with van der Waals surface area (Å²) < 4.78 is 18.0. The number of fused-ring (bicyclic) bond motifs is 10. The first-order valence-electron chi connectivity index (χ1n) is 17.3. The number of aromatic nitrogens is 5. The fourth-order valence-electron chi connectivity index (χ4n) is 7.83. The van der Waals surface area contributed by atoms with Crippen LogP contribution in [0.5, 0.6) is 5.75 Å². The molecule has 0 spiro atoms. The summed E-state index contributed by atoms with van der Waals surface area (Å²) in [6.45, 7) is 3.50. The first-order chi connectivity index (χ1) is 23.9. The second-order valence-corrected chi connectivity index (χ2v) is 14.7. The summed E-state index contributed by atoms with van der Waals surface area (Å²) in [7, 11) is 5.41. The number of carbonyl (C=O) groups is 1. The molecule has 12 heteroatoms. The standard InChI is InChI=1S/C37H42ClN7O3S/c1-43-35-27-11-12-28(38)32(35)33-29(42-45-14-5-4-10-30(33)45)20-39-19-23-17-24(44(2)41-23)21-49-25-16-22-8-6-13-40-34(22)31(18-25)48-15-7-9-26(27)36(43)37(46)47-3/h11-12,16-18,39-40H,4-10,13-15,19-21H2,1-3H3. The average Bonchev–Trinajstić information content (AvgIpc) is 3.75. The lowest BCUT2D eigenvalue weighted by Gasteiger charge is -2.22. The van der Waals surface area contributed by atoms with E-state index in [0.717, 1.165) is 108 Å². The van der Waals surface area contributed by atoms with Gasteiger partial charge in [-0.15, -0.1) is 11.8 Å². The number of benzene rings is 2. The van der Waals surface area contributed by atoms with E-state index in [0.29, 0.717) is 36.8 Å². The van der Waals surface area contributed by atoms with Crippen LogP contribution in [0.25, 0.3) is 22.0 Å². The van der Waals surface area contributed by atoms with Crippen LogP contribution in [0.4, 0.5) is 5.69 Å². The van der Waals surface area contributed by atoms with Gasteiger partial charge in [-0.05, 0) is 80.3 Å². The molecule has 0 amide bonds. The third kappa shape index (κ3) is 5.89. The molecule has 10 nitrogen and oxygen atoms in total. The van der Waals surface area contributed by atoms with Crippen molar-refractivity contribution in [3.05, 3.63) is 75.0 Å². The minimum absolute atomic E-state index is 0.359. The van der Waals surface area contributed by atoms with Crippen LogP contribution in [0.15, 0.2) is 35.2 Å². The van der Waals surface area contributed by atoms with Crippen LogP contribution >= 0.6 is 23.4 Å². The number of nitrogens with zero attached hydrogens (tertiary/aromatic N) is 5. The van der Waals surface area contributed by atoms with Crippen LogP contribution in [0.1, 0.15) is 70.1 Å². The van der Waals surface area contributed by atoms with E-state index in [1.165, 1.54) is 29.0 Å². The Balaban J connectivity index is 1.26. The Morgan fingerprint density at radius 2 is 1.92 bits per heavy atom. The molecule has 2 N–H and O–H groups in total. The molecule has 6 heterocycles. The van der Waals surface area contributed by atoms with Gasteiger partial charge in [-0.2, -0.15) is 10.2 Å². The second-order valence-electron chi connectivity index (χ2n) is 13.2. The third-order valence-electron chi connectivity index (χ3n) is 10.1. The summed E-state index contributed by atoms with van der Waals surface area (Å²) in [5.74, 6) is 1.34. The van der Waals surface area contributed by atoms with E-state index in [9.17, 15) is 4.79 Å². The molecule has 0 unspecified atom stereocenters. The molecular weight excluding hydrogens is 658 g/mol. The lowest BCUT2D eigenvalue weighted by molar-refractivity contribution is 0.0589. The third-order valence-corrected chi connectivity index (χ3v) is 11.4. The monoisotopic (exact) mass is 699 g/mol. The molecule has 0 saturated carbocycles. The van der Waals surface area contributed by atoms with Crippen LogP contribution in [0, 0.1) is 0 Å². The van der Waals surface area contributed by atoms with Gasteiger partial charge in [0, 0.05) is 78.8 Å². The molecule has 0 fully saturated rings. The zero-order valence-corrected chi connectivity index (χ0v) is 29.9. The van der Waals surface area contributed by atoms with E-state index in [4.69, 9.17) is 31.3 Å². The number of thioether (sulfide) groups is 1. The minimum Gasteiger partial charge on any atom is -0.491 e. The van der Waals surface area contributed by atoms with Crippen molar-refractivity contribution in [1.29, 1.82) is 0 Å². The highest BCUT2D eigenvalue weighted by atomic mass is 35.5. The van der Waals surface area contributed by atoms with Crippen LogP contribution in [-0.4, -0.2) is 50.4 Å². The number of ether oxygens (including phenoxy) is 2. The first-order valence-corrected chi connectivity index (χ1v) is 18.6. The number of aryl methyl sites for hydroxylation is 5. The van der Waals surface area contributed by atoms with E-state index in [-0.39, 0.29) is 5.97 Å². The Hall–Kier alpha value is -3.93. The van der Waals surface area contributed by atoms with E-state index >= 15 is 0 Å². The lowest BCUT2D eigenvalue weighted by atomic mass is 9.95. The molecule has 0 atom stereocenters. The van der Waals surface area contributed by atoms with Gasteiger partial charge in [0.05, 0.1) is 41.3 Å². The molecule has 8 bridgehead atoms. The van der Waals surface area contributed by atoms with Crippen molar-refractivity contribution >= 4 is 45.9 Å². The largest absolute Gasteiger partial charge is 0.491 e. The predicted molar refractivity (Wildman–Crippen MR) is 194 cm³/mol. The summed E-state index contributed by atoms with van der Waals surface area (Å²) >= 11 is 8.96. The Labute approximate surface area is 295 Å². The molecule has 8 rings (SSSR count). The predicted octanol–water partition coefficient (Wildman–Crippen LogP) is 6.82. The highest BCUT2D eigenvalue weighted by molar-refractivity contribution is 7.98. The molecule has 3 aliphatic heterocycles. The molecule has 5 aromatic rings. The second kappa shape index (κ2) is 13.4. The maximum absolute atomic E-state index is 13.4. The van der Waals surface area contributed by atoms with E-state index in [1.54, 1.807) is 0 Å². The number of halogens is 1. The van der Waals surface area contributed by atoms with Crippen molar-refractivity contribution < 1.29 is 14.3 Å². The van der Waals surface area contributed by atoms with E-state index in [1.807, 2.05) is 47.2 Å². The zero-order valence-electron chi connectivity index (χ0n) is 28.3. The molecule has 49 heavy (non-hydrogen) atoms. The van der Waals surface area contributed by atoms with Gasteiger partial charge < -0.3 is 24.7 Å². The number of hydrogen-bond donors (Lipinski definition) is 2. The molecule has 3 aliphatic rings. The Bertz CT molecular complexity index is 2080. The fourth-order valence-corrected chi connectivity index (χ4v) is 9.08. The van der Waals surface area contributed by atoms with E-state index in [2.05, 4.69) is 33.5 Å². The highest BCUT2D eigenvalue weighted by Crippen LogP contribution is 2.43. The highest BCUT2D eigenvalue weighted by Gasteiger charge is 2.30.